The van der Waals surface area contributed by atoms with Crippen molar-refractivity contribution in [3.05, 3.63) is 59.9 Å². The molecule has 4 aromatic heterocycles. The summed E-state index contributed by atoms with van der Waals surface area (Å²) in [6.07, 6.45) is 6.81. The van der Waals surface area contributed by atoms with Gasteiger partial charge in [0, 0.05) is 11.4 Å². The number of aryl methyl sites for hydroxylation is 2. The number of aromatic nitrogens is 6. The van der Waals surface area contributed by atoms with Crippen LogP contribution in [0.15, 0.2) is 42.9 Å². The minimum atomic E-state index is 0.839. The Morgan fingerprint density at radius 1 is 1.04 bits per heavy atom. The quantitative estimate of drug-likeness (QED) is 0.570. The van der Waals surface area contributed by atoms with Crippen LogP contribution in [0.1, 0.15) is 23.5 Å². The highest BCUT2D eigenvalue weighted by atomic mass is 15.3. The first kappa shape index (κ1) is 13.4. The maximum atomic E-state index is 4.90. The van der Waals surface area contributed by atoms with Gasteiger partial charge in [0.1, 0.15) is 12.0 Å². The summed E-state index contributed by atoms with van der Waals surface area (Å²) in [5, 5.41) is 4.26. The molecular formula is C18H16N6. The molecule has 0 bridgehead atoms. The van der Waals surface area contributed by atoms with E-state index < -0.39 is 0 Å². The molecule has 118 valence electrons. The van der Waals surface area contributed by atoms with Crippen LogP contribution >= 0.6 is 0 Å². The molecule has 24 heavy (non-hydrogen) atoms. The van der Waals surface area contributed by atoms with Crippen molar-refractivity contribution < 1.29 is 0 Å². The molecule has 5 rings (SSSR count). The Kier molecular flexibility index (Phi) is 2.79. The van der Waals surface area contributed by atoms with E-state index in [1.165, 1.54) is 11.4 Å². The van der Waals surface area contributed by atoms with E-state index in [0.29, 0.717) is 0 Å². The van der Waals surface area contributed by atoms with E-state index in [-0.39, 0.29) is 0 Å². The number of pyridine rings is 2. The molecule has 0 atom stereocenters. The average molecular weight is 316 g/mol. The number of hydrogen-bond donors (Lipinski definition) is 0. The third kappa shape index (κ3) is 1.96. The highest BCUT2D eigenvalue weighted by Gasteiger charge is 2.24. The molecule has 0 aliphatic heterocycles. The zero-order valence-corrected chi connectivity index (χ0v) is 13.3. The fourth-order valence-corrected chi connectivity index (χ4v) is 3.43. The molecule has 6 heteroatoms. The van der Waals surface area contributed by atoms with E-state index in [1.54, 1.807) is 10.8 Å². The highest BCUT2D eigenvalue weighted by Crippen LogP contribution is 2.31. The normalized spacial score (nSPS) is 13.5. The molecule has 0 amide bonds. The van der Waals surface area contributed by atoms with Crippen molar-refractivity contribution in [1.29, 1.82) is 0 Å². The summed E-state index contributed by atoms with van der Waals surface area (Å²) in [6.45, 7) is 2.01. The van der Waals surface area contributed by atoms with Gasteiger partial charge in [-0.1, -0.05) is 6.07 Å². The molecule has 0 saturated heterocycles. The van der Waals surface area contributed by atoms with Crippen LogP contribution in [0, 0.1) is 6.92 Å². The molecule has 0 radical (unpaired) electrons. The molecule has 0 fully saturated rings. The Morgan fingerprint density at radius 2 is 2.00 bits per heavy atom. The largest absolute Gasteiger partial charge is 0.294 e. The average Bonchev–Trinajstić information content (AvgIpc) is 3.29. The van der Waals surface area contributed by atoms with Crippen molar-refractivity contribution in [2.24, 2.45) is 0 Å². The summed E-state index contributed by atoms with van der Waals surface area (Å²) >= 11 is 0. The predicted octanol–water partition coefficient (Wildman–Crippen LogP) is 2.77. The summed E-state index contributed by atoms with van der Waals surface area (Å²) in [5.74, 6) is 0.905. The van der Waals surface area contributed by atoms with E-state index in [2.05, 4.69) is 25.7 Å². The fraction of sp³-hybridized carbons (Fsp3) is 0.222. The topological polar surface area (TPSA) is 60.9 Å². The maximum absolute atomic E-state index is 4.90. The third-order valence-electron chi connectivity index (χ3n) is 4.52. The van der Waals surface area contributed by atoms with Gasteiger partial charge in [0.2, 0.25) is 0 Å². The number of imidazole rings is 1. The van der Waals surface area contributed by atoms with Crippen LogP contribution in [-0.4, -0.2) is 29.1 Å². The molecule has 0 N–H and O–H groups in total. The minimum absolute atomic E-state index is 0.839. The van der Waals surface area contributed by atoms with Crippen molar-refractivity contribution in [1.82, 2.24) is 29.1 Å². The van der Waals surface area contributed by atoms with Crippen LogP contribution in [0.3, 0.4) is 0 Å². The van der Waals surface area contributed by atoms with Crippen LogP contribution in [0.2, 0.25) is 0 Å². The van der Waals surface area contributed by atoms with Gasteiger partial charge in [-0.2, -0.15) is 5.10 Å². The van der Waals surface area contributed by atoms with Crippen molar-refractivity contribution in [2.45, 2.75) is 26.2 Å². The molecule has 1 aliphatic carbocycles. The van der Waals surface area contributed by atoms with E-state index in [4.69, 9.17) is 4.98 Å². The van der Waals surface area contributed by atoms with Gasteiger partial charge in [-0.05, 0) is 50.5 Å². The maximum Gasteiger partial charge on any atom is 0.163 e. The summed E-state index contributed by atoms with van der Waals surface area (Å²) in [6, 6.07) is 10.1. The standard InChI is InChI=1S/C18H16N6/c1-12-4-2-6-15(21-12)18-22-14-5-3-7-16(14)24(18)13-8-9-17-19-11-20-23(17)10-13/h2,4,6,8-11H,3,5,7H2,1H3. The summed E-state index contributed by atoms with van der Waals surface area (Å²) in [7, 11) is 0. The lowest BCUT2D eigenvalue weighted by molar-refractivity contribution is 0.840. The first-order chi connectivity index (χ1) is 11.8. The zero-order chi connectivity index (χ0) is 16.1. The Hall–Kier alpha value is -3.02. The number of nitrogens with zero attached hydrogens (tertiary/aromatic N) is 6. The SMILES string of the molecule is Cc1cccc(-c2nc3c(n2-c2ccc4ncnn4c2)CCC3)n1. The first-order valence-corrected chi connectivity index (χ1v) is 8.14. The van der Waals surface area contributed by atoms with Crippen molar-refractivity contribution >= 4 is 5.65 Å². The van der Waals surface area contributed by atoms with Gasteiger partial charge < -0.3 is 0 Å². The zero-order valence-electron chi connectivity index (χ0n) is 13.3. The number of rotatable bonds is 2. The Morgan fingerprint density at radius 3 is 2.92 bits per heavy atom. The van der Waals surface area contributed by atoms with Crippen LogP contribution in [0.4, 0.5) is 0 Å². The van der Waals surface area contributed by atoms with Gasteiger partial charge in [0.25, 0.3) is 0 Å². The predicted molar refractivity (Wildman–Crippen MR) is 90.1 cm³/mol. The molecule has 0 aromatic carbocycles. The van der Waals surface area contributed by atoms with Crippen LogP contribution in [-0.2, 0) is 12.8 Å². The van der Waals surface area contributed by atoms with E-state index in [0.717, 1.165) is 47.8 Å². The van der Waals surface area contributed by atoms with Gasteiger partial charge in [-0.25, -0.2) is 19.5 Å². The van der Waals surface area contributed by atoms with Gasteiger partial charge in [-0.15, -0.1) is 0 Å². The third-order valence-corrected chi connectivity index (χ3v) is 4.52. The molecule has 4 aromatic rings. The molecule has 6 nitrogen and oxygen atoms in total. The van der Waals surface area contributed by atoms with Crippen LogP contribution in [0.25, 0.3) is 22.9 Å². The second kappa shape index (κ2) is 4.99. The molecule has 0 spiro atoms. The summed E-state index contributed by atoms with van der Waals surface area (Å²) in [5.41, 5.74) is 6.25. The van der Waals surface area contributed by atoms with Gasteiger partial charge in [0.05, 0.1) is 17.6 Å². The molecule has 1 aliphatic rings. The second-order valence-corrected chi connectivity index (χ2v) is 6.13. The van der Waals surface area contributed by atoms with E-state index in [9.17, 15) is 0 Å². The van der Waals surface area contributed by atoms with Gasteiger partial charge >= 0.3 is 0 Å². The number of fused-ring (bicyclic) bond motifs is 2. The van der Waals surface area contributed by atoms with Gasteiger partial charge in [0.15, 0.2) is 11.5 Å². The first-order valence-electron chi connectivity index (χ1n) is 8.14. The Labute approximate surface area is 138 Å². The van der Waals surface area contributed by atoms with E-state index in [1.807, 2.05) is 37.4 Å². The Bertz CT molecular complexity index is 1060. The lowest BCUT2D eigenvalue weighted by Gasteiger charge is -2.11. The molecule has 0 unspecified atom stereocenters. The lowest BCUT2D eigenvalue weighted by atomic mass is 10.2. The summed E-state index contributed by atoms with van der Waals surface area (Å²) < 4.78 is 4.02. The summed E-state index contributed by atoms with van der Waals surface area (Å²) in [4.78, 5) is 13.8. The van der Waals surface area contributed by atoms with Crippen LogP contribution < -0.4 is 0 Å². The highest BCUT2D eigenvalue weighted by molar-refractivity contribution is 5.58. The van der Waals surface area contributed by atoms with Crippen molar-refractivity contribution in [3.63, 3.8) is 0 Å². The van der Waals surface area contributed by atoms with Crippen LogP contribution in [0.5, 0.6) is 0 Å². The molecule has 4 heterocycles. The molecular weight excluding hydrogens is 300 g/mol. The fourth-order valence-electron chi connectivity index (χ4n) is 3.43. The Balaban J connectivity index is 1.77. The van der Waals surface area contributed by atoms with Crippen molar-refractivity contribution in [3.8, 4) is 17.2 Å². The van der Waals surface area contributed by atoms with Gasteiger partial charge in [-0.3, -0.25) is 4.57 Å². The second-order valence-electron chi connectivity index (χ2n) is 6.13. The molecule has 0 saturated carbocycles. The smallest absolute Gasteiger partial charge is 0.163 e. The van der Waals surface area contributed by atoms with Crippen molar-refractivity contribution in [2.75, 3.05) is 0 Å². The monoisotopic (exact) mass is 316 g/mol. The lowest BCUT2D eigenvalue weighted by Crippen LogP contribution is -2.04. The number of hydrogen-bond acceptors (Lipinski definition) is 4. The minimum Gasteiger partial charge on any atom is -0.294 e. The van der Waals surface area contributed by atoms with E-state index >= 15 is 0 Å².